The largest absolute Gasteiger partial charge is 0.443 e. The standard InChI is InChI=1S/C16H21BrF2N2O2S2/c1-10(8-11-9-12(17)6-7-13(11)18)24-14(20-5)21(25-19)15(22)23-16(2,3)4/h6-7,9-10H,8H2,1-5H3. The zero-order valence-corrected chi connectivity index (χ0v) is 17.9. The molecule has 0 saturated heterocycles. The van der Waals surface area contributed by atoms with Crippen molar-refractivity contribution >= 4 is 51.3 Å². The van der Waals surface area contributed by atoms with Gasteiger partial charge in [0.2, 0.25) is 0 Å². The van der Waals surface area contributed by atoms with Crippen LogP contribution in [0.1, 0.15) is 33.3 Å². The number of hydrogen-bond acceptors (Lipinski definition) is 5. The molecule has 0 aliphatic heterocycles. The zero-order chi connectivity index (χ0) is 19.2. The molecule has 0 saturated carbocycles. The first kappa shape index (κ1) is 22.2. The molecule has 9 heteroatoms. The summed E-state index contributed by atoms with van der Waals surface area (Å²) < 4.78 is 33.9. The van der Waals surface area contributed by atoms with Gasteiger partial charge in [0.05, 0.1) is 0 Å². The Balaban J connectivity index is 2.82. The number of amidine groups is 1. The number of nitrogens with zero attached hydrogens (tertiary/aromatic N) is 2. The highest BCUT2D eigenvalue weighted by Gasteiger charge is 2.28. The van der Waals surface area contributed by atoms with Crippen LogP contribution in [0.15, 0.2) is 27.7 Å². The van der Waals surface area contributed by atoms with Crippen molar-refractivity contribution in [2.75, 3.05) is 7.05 Å². The Hall–Kier alpha value is -0.800. The van der Waals surface area contributed by atoms with Gasteiger partial charge in [0, 0.05) is 16.8 Å². The Morgan fingerprint density at radius 2 is 2.08 bits per heavy atom. The van der Waals surface area contributed by atoms with Gasteiger partial charge in [-0.05, 0) is 51.0 Å². The number of amides is 1. The Labute approximate surface area is 164 Å². The van der Waals surface area contributed by atoms with E-state index in [4.69, 9.17) is 4.74 Å². The Bertz CT molecular complexity index is 639. The average molecular weight is 455 g/mol. The molecule has 0 spiro atoms. The molecule has 1 amide bonds. The van der Waals surface area contributed by atoms with Crippen LogP contribution >= 0.6 is 40.0 Å². The van der Waals surface area contributed by atoms with Crippen molar-refractivity contribution in [1.29, 1.82) is 0 Å². The molecule has 0 fully saturated rings. The minimum atomic E-state index is -0.839. The third-order valence-corrected chi connectivity index (χ3v) is 5.03. The van der Waals surface area contributed by atoms with Crippen molar-refractivity contribution in [2.24, 2.45) is 4.99 Å². The van der Waals surface area contributed by atoms with Crippen LogP contribution in [0, 0.1) is 5.82 Å². The van der Waals surface area contributed by atoms with Crippen molar-refractivity contribution in [2.45, 2.75) is 45.0 Å². The normalized spacial score (nSPS) is 13.5. The second kappa shape index (κ2) is 9.78. The maximum atomic E-state index is 13.9. The first-order valence-corrected chi connectivity index (χ1v) is 9.81. The van der Waals surface area contributed by atoms with E-state index in [1.807, 2.05) is 6.92 Å². The Kier molecular flexibility index (Phi) is 8.70. The summed E-state index contributed by atoms with van der Waals surface area (Å²) in [6, 6.07) is 4.71. The van der Waals surface area contributed by atoms with Gasteiger partial charge in [-0.1, -0.05) is 34.6 Å². The molecule has 0 N–H and O–H groups in total. The molecule has 0 bridgehead atoms. The van der Waals surface area contributed by atoms with Gasteiger partial charge in [-0.2, -0.15) is 4.31 Å². The van der Waals surface area contributed by atoms with Crippen molar-refractivity contribution in [3.05, 3.63) is 34.1 Å². The first-order valence-electron chi connectivity index (χ1n) is 7.46. The number of thioether (sulfide) groups is 1. The van der Waals surface area contributed by atoms with E-state index in [0.717, 1.165) is 8.78 Å². The van der Waals surface area contributed by atoms with E-state index in [9.17, 15) is 13.1 Å². The fraction of sp³-hybridized carbons (Fsp3) is 0.500. The Morgan fingerprint density at radius 1 is 1.44 bits per heavy atom. The molecule has 0 aromatic heterocycles. The number of hydrogen-bond donors (Lipinski definition) is 0. The van der Waals surface area contributed by atoms with Crippen molar-refractivity contribution in [3.63, 3.8) is 0 Å². The SMILES string of the molecule is CN=C(SC(C)Cc1cc(Br)ccc1F)N(SF)C(=O)OC(C)(C)C. The lowest BCUT2D eigenvalue weighted by Crippen LogP contribution is -2.35. The highest BCUT2D eigenvalue weighted by atomic mass is 79.9. The molecule has 25 heavy (non-hydrogen) atoms. The smallest absolute Gasteiger partial charge is 0.428 e. The number of carbonyl (C=O) groups excluding carboxylic acids is 1. The lowest BCUT2D eigenvalue weighted by molar-refractivity contribution is 0.0474. The third-order valence-electron chi connectivity index (χ3n) is 2.82. The minimum absolute atomic E-state index is 0.139. The van der Waals surface area contributed by atoms with E-state index in [-0.39, 0.29) is 28.6 Å². The van der Waals surface area contributed by atoms with E-state index in [1.165, 1.54) is 24.9 Å². The topological polar surface area (TPSA) is 41.9 Å². The van der Waals surface area contributed by atoms with Gasteiger partial charge in [0.1, 0.15) is 11.4 Å². The van der Waals surface area contributed by atoms with Crippen LogP contribution in [0.4, 0.5) is 13.1 Å². The van der Waals surface area contributed by atoms with Gasteiger partial charge in [0.15, 0.2) is 17.5 Å². The van der Waals surface area contributed by atoms with Gasteiger partial charge in [0.25, 0.3) is 0 Å². The van der Waals surface area contributed by atoms with Crippen LogP contribution in [0.5, 0.6) is 0 Å². The maximum Gasteiger partial charge on any atom is 0.428 e. The predicted molar refractivity (Wildman–Crippen MR) is 105 cm³/mol. The third kappa shape index (κ3) is 7.53. The summed E-state index contributed by atoms with van der Waals surface area (Å²) in [6.45, 7) is 6.94. The summed E-state index contributed by atoms with van der Waals surface area (Å²) in [5.74, 6) is -0.311. The summed E-state index contributed by atoms with van der Waals surface area (Å²) in [4.78, 5) is 16.1. The van der Waals surface area contributed by atoms with Crippen LogP contribution < -0.4 is 0 Å². The summed E-state index contributed by atoms with van der Waals surface area (Å²) >= 11 is 4.22. The van der Waals surface area contributed by atoms with Crippen LogP contribution in [0.2, 0.25) is 0 Å². The molecule has 1 aromatic carbocycles. The molecular formula is C16H21BrF2N2O2S2. The van der Waals surface area contributed by atoms with Crippen LogP contribution in [0.3, 0.4) is 0 Å². The molecular weight excluding hydrogens is 434 g/mol. The average Bonchev–Trinajstić information content (AvgIpc) is 2.48. The lowest BCUT2D eigenvalue weighted by Gasteiger charge is -2.25. The van der Waals surface area contributed by atoms with E-state index in [1.54, 1.807) is 32.9 Å². The number of ether oxygens (including phenoxy) is 1. The molecule has 1 aromatic rings. The molecule has 0 aliphatic rings. The van der Waals surface area contributed by atoms with E-state index in [2.05, 4.69) is 20.9 Å². The van der Waals surface area contributed by atoms with Crippen LogP contribution in [-0.4, -0.2) is 33.5 Å². The number of aliphatic imine (C=N–C) groups is 1. The molecule has 1 rings (SSSR count). The predicted octanol–water partition coefficient (Wildman–Crippen LogP) is 6.01. The quantitative estimate of drug-likeness (QED) is 0.317. The molecule has 0 heterocycles. The van der Waals surface area contributed by atoms with Gasteiger partial charge in [-0.15, -0.1) is 3.89 Å². The summed E-state index contributed by atoms with van der Waals surface area (Å²) in [5, 5.41) is 0.0178. The zero-order valence-electron chi connectivity index (χ0n) is 14.7. The fourth-order valence-corrected chi connectivity index (χ4v) is 3.62. The van der Waals surface area contributed by atoms with Gasteiger partial charge < -0.3 is 4.74 Å². The Morgan fingerprint density at radius 3 is 2.60 bits per heavy atom. The van der Waals surface area contributed by atoms with Crippen LogP contribution in [-0.2, 0) is 11.2 Å². The monoisotopic (exact) mass is 454 g/mol. The summed E-state index contributed by atoms with van der Waals surface area (Å²) in [6.07, 6.45) is -0.442. The van der Waals surface area contributed by atoms with Gasteiger partial charge in [-0.3, -0.25) is 4.99 Å². The molecule has 1 atom stereocenters. The van der Waals surface area contributed by atoms with E-state index < -0.39 is 11.7 Å². The first-order chi connectivity index (χ1) is 11.6. The molecule has 0 aliphatic carbocycles. The van der Waals surface area contributed by atoms with Crippen LogP contribution in [0.25, 0.3) is 0 Å². The van der Waals surface area contributed by atoms with Gasteiger partial charge in [-0.25, -0.2) is 9.18 Å². The molecule has 0 radical (unpaired) electrons. The molecule has 4 nitrogen and oxygen atoms in total. The van der Waals surface area contributed by atoms with Crippen molar-refractivity contribution in [3.8, 4) is 0 Å². The highest BCUT2D eigenvalue weighted by molar-refractivity contribution is 9.10. The lowest BCUT2D eigenvalue weighted by atomic mass is 10.1. The summed E-state index contributed by atoms with van der Waals surface area (Å²) in [7, 11) is 1.46. The van der Waals surface area contributed by atoms with Crippen molar-refractivity contribution in [1.82, 2.24) is 4.31 Å². The second-order valence-corrected chi connectivity index (χ2v) is 9.04. The highest BCUT2D eigenvalue weighted by Crippen LogP contribution is 2.28. The number of halogens is 3. The molecule has 140 valence electrons. The number of rotatable bonds is 4. The van der Waals surface area contributed by atoms with E-state index in [0.29, 0.717) is 12.0 Å². The second-order valence-electron chi connectivity index (χ2n) is 6.22. The van der Waals surface area contributed by atoms with Gasteiger partial charge >= 0.3 is 6.09 Å². The molecule has 1 unspecified atom stereocenters. The number of benzene rings is 1. The maximum absolute atomic E-state index is 13.9. The minimum Gasteiger partial charge on any atom is -0.443 e. The summed E-state index contributed by atoms with van der Waals surface area (Å²) in [5.41, 5.74) is -0.221. The van der Waals surface area contributed by atoms with Crippen molar-refractivity contribution < 1.29 is 17.8 Å². The fourth-order valence-electron chi connectivity index (χ4n) is 1.86. The van der Waals surface area contributed by atoms with E-state index >= 15 is 0 Å². The number of carbonyl (C=O) groups is 1.